The summed E-state index contributed by atoms with van der Waals surface area (Å²) in [5, 5.41) is 25.7. The normalized spacial score (nSPS) is 15.9. The molecule has 206 valence electrons. The second-order valence-electron chi connectivity index (χ2n) is 11.4. The average molecular weight is 565 g/mol. The van der Waals surface area contributed by atoms with Crippen LogP contribution in [0, 0.1) is 28.6 Å². The number of nitrogens with one attached hydrogen (secondary N) is 2. The van der Waals surface area contributed by atoms with Gasteiger partial charge in [-0.15, -0.1) is 21.5 Å². The fourth-order valence-corrected chi connectivity index (χ4v) is 6.90. The maximum absolute atomic E-state index is 12.9. The monoisotopic (exact) mass is 564 g/mol. The molecule has 1 aliphatic carbocycles. The zero-order valence-corrected chi connectivity index (χ0v) is 25.0. The van der Waals surface area contributed by atoms with Gasteiger partial charge in [-0.25, -0.2) is 0 Å². The van der Waals surface area contributed by atoms with Crippen molar-refractivity contribution in [1.29, 1.82) is 5.26 Å². The molecule has 0 unspecified atom stereocenters. The number of thioether (sulfide) groups is 1. The van der Waals surface area contributed by atoms with Crippen LogP contribution >= 0.6 is 23.1 Å². The number of hydrogen-bond donors (Lipinski definition) is 2. The van der Waals surface area contributed by atoms with Gasteiger partial charge in [0.15, 0.2) is 11.0 Å². The minimum atomic E-state index is -0.342. The summed E-state index contributed by atoms with van der Waals surface area (Å²) >= 11 is 2.82. The molecular formula is C29H36N6O2S2. The van der Waals surface area contributed by atoms with Crippen LogP contribution in [0.4, 0.5) is 5.00 Å². The van der Waals surface area contributed by atoms with Crippen molar-refractivity contribution in [3.63, 3.8) is 0 Å². The number of nitriles is 1. The first-order valence-electron chi connectivity index (χ1n) is 13.2. The lowest BCUT2D eigenvalue weighted by Gasteiger charge is -2.33. The highest BCUT2D eigenvalue weighted by atomic mass is 32.2. The number of carbonyl (C=O) groups excluding carboxylic acids is 2. The molecule has 2 N–H and O–H groups in total. The van der Waals surface area contributed by atoms with Gasteiger partial charge in [0.1, 0.15) is 11.1 Å². The highest BCUT2D eigenvalue weighted by Gasteiger charge is 2.32. The molecule has 1 aliphatic rings. The number of aromatic nitrogens is 3. The van der Waals surface area contributed by atoms with Gasteiger partial charge < -0.3 is 15.2 Å². The molecule has 0 bridgehead atoms. The molecule has 0 fully saturated rings. The third-order valence-corrected chi connectivity index (χ3v) is 9.51. The van der Waals surface area contributed by atoms with Crippen LogP contribution in [0.25, 0.3) is 0 Å². The van der Waals surface area contributed by atoms with E-state index in [1.54, 1.807) is 12.1 Å². The molecule has 2 aromatic heterocycles. The van der Waals surface area contributed by atoms with Crippen LogP contribution in [0.2, 0.25) is 0 Å². The number of rotatable bonds is 8. The lowest BCUT2D eigenvalue weighted by Crippen LogP contribution is -2.33. The van der Waals surface area contributed by atoms with E-state index in [-0.39, 0.29) is 34.9 Å². The molecule has 0 spiro atoms. The quantitative estimate of drug-likeness (QED) is 0.337. The van der Waals surface area contributed by atoms with Crippen molar-refractivity contribution in [2.45, 2.75) is 65.1 Å². The minimum Gasteiger partial charge on any atom is -0.342 e. The van der Waals surface area contributed by atoms with Crippen LogP contribution in [0.15, 0.2) is 35.5 Å². The van der Waals surface area contributed by atoms with E-state index < -0.39 is 0 Å². The van der Waals surface area contributed by atoms with Gasteiger partial charge in [-0.1, -0.05) is 64.6 Å². The van der Waals surface area contributed by atoms with Gasteiger partial charge in [0.2, 0.25) is 5.91 Å². The first-order chi connectivity index (χ1) is 18.5. The smallest absolute Gasteiger partial charge is 0.251 e. The van der Waals surface area contributed by atoms with E-state index in [4.69, 9.17) is 0 Å². The Hall–Kier alpha value is -3.16. The van der Waals surface area contributed by atoms with Crippen LogP contribution in [0.3, 0.4) is 0 Å². The lowest BCUT2D eigenvalue weighted by molar-refractivity contribution is -0.113. The summed E-state index contributed by atoms with van der Waals surface area (Å²) in [7, 11) is 1.84. The Balaban J connectivity index is 1.41. The molecule has 0 saturated carbocycles. The number of anilines is 1. The predicted molar refractivity (Wildman–Crippen MR) is 156 cm³/mol. The van der Waals surface area contributed by atoms with Crippen LogP contribution < -0.4 is 10.6 Å². The largest absolute Gasteiger partial charge is 0.342 e. The molecule has 0 saturated heterocycles. The lowest BCUT2D eigenvalue weighted by atomic mass is 9.72. The maximum atomic E-state index is 12.9. The van der Waals surface area contributed by atoms with Crippen molar-refractivity contribution in [3.8, 4) is 6.07 Å². The molecule has 0 aliphatic heterocycles. The zero-order chi connectivity index (χ0) is 28.3. The molecule has 3 aromatic rings. The highest BCUT2D eigenvalue weighted by Crippen LogP contribution is 2.44. The molecule has 2 atom stereocenters. The van der Waals surface area contributed by atoms with Gasteiger partial charge in [-0.3, -0.25) is 9.59 Å². The molecule has 0 radical (unpaired) electrons. The number of thiophene rings is 1. The van der Waals surface area contributed by atoms with Crippen molar-refractivity contribution in [2.75, 3.05) is 11.1 Å². The number of amides is 2. The Bertz CT molecular complexity index is 1380. The topological polar surface area (TPSA) is 113 Å². The maximum Gasteiger partial charge on any atom is 0.251 e. The van der Waals surface area contributed by atoms with Crippen LogP contribution in [-0.2, 0) is 24.7 Å². The standard InChI is InChI=1S/C29H36N6O2S2/c1-17(2)24(32-26(37)18-10-8-7-9-11-18)25-33-34-28(35(25)6)38-16-23(36)31-27-21(15-30)20-13-12-19(29(3,4)5)14-22(20)39-27/h7-11,17,19,24H,12-14,16H2,1-6H3,(H,31,36)(H,32,37)/t19-,24+/m1/s1. The number of benzene rings is 1. The molecule has 39 heavy (non-hydrogen) atoms. The molecular weight excluding hydrogens is 528 g/mol. The van der Waals surface area contributed by atoms with E-state index in [0.717, 1.165) is 24.8 Å². The Morgan fingerprint density at radius 1 is 1.23 bits per heavy atom. The van der Waals surface area contributed by atoms with E-state index in [0.29, 0.717) is 33.0 Å². The van der Waals surface area contributed by atoms with E-state index in [9.17, 15) is 14.9 Å². The van der Waals surface area contributed by atoms with E-state index >= 15 is 0 Å². The van der Waals surface area contributed by atoms with E-state index in [2.05, 4.69) is 47.7 Å². The SMILES string of the molecule is CC(C)[C@H](NC(=O)c1ccccc1)c1nnc(SCC(=O)Nc2sc3c(c2C#N)CC[C@@H](C(C)(C)C)C3)n1C. The number of hydrogen-bond acceptors (Lipinski definition) is 7. The molecule has 8 nitrogen and oxygen atoms in total. The second kappa shape index (κ2) is 11.9. The predicted octanol–water partition coefficient (Wildman–Crippen LogP) is 5.76. The average Bonchev–Trinajstić information content (AvgIpc) is 3.44. The molecule has 2 amide bonds. The Morgan fingerprint density at radius 2 is 1.95 bits per heavy atom. The van der Waals surface area contributed by atoms with Crippen LogP contribution in [0.1, 0.15) is 79.3 Å². The third kappa shape index (κ3) is 6.53. The Morgan fingerprint density at radius 3 is 2.59 bits per heavy atom. The number of fused-ring (bicyclic) bond motifs is 1. The van der Waals surface area contributed by atoms with Crippen molar-refractivity contribution >= 4 is 39.9 Å². The summed E-state index contributed by atoms with van der Waals surface area (Å²) in [5.74, 6) is 1.03. The summed E-state index contributed by atoms with van der Waals surface area (Å²) in [6.07, 6.45) is 2.88. The van der Waals surface area contributed by atoms with Crippen molar-refractivity contribution in [2.24, 2.45) is 24.3 Å². The first-order valence-corrected chi connectivity index (χ1v) is 15.0. The summed E-state index contributed by atoms with van der Waals surface area (Å²) in [6.45, 7) is 10.8. The molecule has 1 aromatic carbocycles. The number of carbonyl (C=O) groups is 2. The number of nitrogens with zero attached hydrogens (tertiary/aromatic N) is 4. The summed E-state index contributed by atoms with van der Waals surface area (Å²) in [6, 6.07) is 11.1. The van der Waals surface area contributed by atoms with Crippen molar-refractivity contribution in [3.05, 3.63) is 57.7 Å². The van der Waals surface area contributed by atoms with Crippen LogP contribution in [-0.4, -0.2) is 32.3 Å². The highest BCUT2D eigenvalue weighted by molar-refractivity contribution is 7.99. The van der Waals surface area contributed by atoms with Gasteiger partial charge in [0.05, 0.1) is 17.4 Å². The fourth-order valence-electron chi connectivity index (χ4n) is 4.89. The minimum absolute atomic E-state index is 0.0776. The van der Waals surface area contributed by atoms with Crippen LogP contribution in [0.5, 0.6) is 0 Å². The van der Waals surface area contributed by atoms with Gasteiger partial charge >= 0.3 is 0 Å². The molecule has 4 rings (SSSR count). The second-order valence-corrected chi connectivity index (χ2v) is 13.5. The fraction of sp³-hybridized carbons (Fsp3) is 0.483. The molecule has 10 heteroatoms. The van der Waals surface area contributed by atoms with Gasteiger partial charge in [-0.05, 0) is 54.2 Å². The molecule has 2 heterocycles. The summed E-state index contributed by atoms with van der Waals surface area (Å²) in [5.41, 5.74) is 2.50. The Labute approximate surface area is 238 Å². The van der Waals surface area contributed by atoms with E-state index in [1.807, 2.05) is 43.7 Å². The summed E-state index contributed by atoms with van der Waals surface area (Å²) < 4.78 is 1.82. The van der Waals surface area contributed by atoms with Gasteiger partial charge in [0.25, 0.3) is 5.91 Å². The first kappa shape index (κ1) is 28.8. The van der Waals surface area contributed by atoms with Gasteiger partial charge in [0, 0.05) is 17.5 Å². The van der Waals surface area contributed by atoms with Crippen molar-refractivity contribution in [1.82, 2.24) is 20.1 Å². The van der Waals surface area contributed by atoms with E-state index in [1.165, 1.54) is 28.0 Å². The van der Waals surface area contributed by atoms with Crippen molar-refractivity contribution < 1.29 is 9.59 Å². The summed E-state index contributed by atoms with van der Waals surface area (Å²) in [4.78, 5) is 26.9. The Kier molecular flexibility index (Phi) is 8.82. The zero-order valence-electron chi connectivity index (χ0n) is 23.4. The third-order valence-electron chi connectivity index (χ3n) is 7.32. The van der Waals surface area contributed by atoms with Gasteiger partial charge in [-0.2, -0.15) is 5.26 Å².